The third-order valence-electron chi connectivity index (χ3n) is 1.44. The number of aliphatic hydroxyl groups excluding tert-OH is 1. The number of hydrogen-bond acceptors (Lipinski definition) is 2. The third-order valence-corrected chi connectivity index (χ3v) is 3.16. The SMILES string of the molecule is OC1CCCC[SH]1O. The van der Waals surface area contributed by atoms with E-state index in [1.54, 1.807) is 0 Å². The first-order valence-corrected chi connectivity index (χ1v) is 4.49. The normalized spacial score (nSPS) is 44.2. The Kier molecular flexibility index (Phi) is 2.16. The van der Waals surface area contributed by atoms with E-state index in [9.17, 15) is 0 Å². The van der Waals surface area contributed by atoms with Gasteiger partial charge in [-0.3, -0.25) is 0 Å². The lowest BCUT2D eigenvalue weighted by atomic mass is 10.2. The predicted molar refractivity (Wildman–Crippen MR) is 36.3 cm³/mol. The van der Waals surface area contributed by atoms with Crippen LogP contribution in [0.4, 0.5) is 0 Å². The molecule has 0 saturated carbocycles. The number of rotatable bonds is 0. The Hall–Kier alpha value is 0.270. The van der Waals surface area contributed by atoms with Gasteiger partial charge in [0.1, 0.15) is 5.44 Å². The molecule has 1 aliphatic heterocycles. The lowest BCUT2D eigenvalue weighted by Gasteiger charge is -2.25. The summed E-state index contributed by atoms with van der Waals surface area (Å²) in [6.45, 7) is 0. The number of aliphatic hydroxyl groups is 1. The minimum absolute atomic E-state index is 0.376. The van der Waals surface area contributed by atoms with Crippen LogP contribution in [-0.4, -0.2) is 20.8 Å². The first kappa shape index (κ1) is 6.39. The molecular weight excluding hydrogens is 124 g/mol. The van der Waals surface area contributed by atoms with Gasteiger partial charge in [0.05, 0.1) is 0 Å². The zero-order chi connectivity index (χ0) is 5.98. The van der Waals surface area contributed by atoms with Gasteiger partial charge in [-0.15, -0.1) is 11.2 Å². The van der Waals surface area contributed by atoms with Crippen molar-refractivity contribution in [3.8, 4) is 0 Å². The second kappa shape index (κ2) is 2.71. The van der Waals surface area contributed by atoms with Crippen LogP contribution in [0.2, 0.25) is 0 Å². The Morgan fingerprint density at radius 2 is 2.12 bits per heavy atom. The third kappa shape index (κ3) is 1.37. The van der Waals surface area contributed by atoms with Gasteiger partial charge in [-0.25, -0.2) is 0 Å². The smallest absolute Gasteiger partial charge is 0.102 e. The molecule has 1 fully saturated rings. The van der Waals surface area contributed by atoms with Crippen LogP contribution in [0.3, 0.4) is 0 Å². The van der Waals surface area contributed by atoms with Crippen molar-refractivity contribution in [2.24, 2.45) is 0 Å². The van der Waals surface area contributed by atoms with E-state index < -0.39 is 11.2 Å². The molecule has 3 heteroatoms. The molecule has 0 amide bonds. The quantitative estimate of drug-likeness (QED) is 0.434. The molecular formula is C5H12O2S. The fourth-order valence-corrected chi connectivity index (χ4v) is 2.23. The van der Waals surface area contributed by atoms with Gasteiger partial charge in [-0.1, -0.05) is 0 Å². The molecule has 0 aliphatic carbocycles. The highest BCUT2D eigenvalue weighted by Gasteiger charge is 2.15. The van der Waals surface area contributed by atoms with Gasteiger partial charge in [0, 0.05) is 0 Å². The number of hydrogen-bond donors (Lipinski definition) is 3. The van der Waals surface area contributed by atoms with Crippen molar-refractivity contribution in [3.63, 3.8) is 0 Å². The Morgan fingerprint density at radius 1 is 1.38 bits per heavy atom. The first-order valence-electron chi connectivity index (χ1n) is 2.94. The van der Waals surface area contributed by atoms with Crippen LogP contribution in [0.15, 0.2) is 0 Å². The van der Waals surface area contributed by atoms with E-state index in [1.807, 2.05) is 0 Å². The molecule has 1 aliphatic rings. The van der Waals surface area contributed by atoms with Gasteiger partial charge in [0.25, 0.3) is 0 Å². The highest BCUT2D eigenvalue weighted by molar-refractivity contribution is 8.12. The molecule has 2 unspecified atom stereocenters. The lowest BCUT2D eigenvalue weighted by molar-refractivity contribution is 0.232. The van der Waals surface area contributed by atoms with Gasteiger partial charge in [-0.05, 0) is 25.0 Å². The lowest BCUT2D eigenvalue weighted by Crippen LogP contribution is -2.14. The van der Waals surface area contributed by atoms with Crippen LogP contribution in [0.25, 0.3) is 0 Å². The molecule has 1 heterocycles. The van der Waals surface area contributed by atoms with E-state index in [0.717, 1.165) is 25.0 Å². The molecule has 0 spiro atoms. The molecule has 0 aromatic heterocycles. The number of thiol groups is 1. The van der Waals surface area contributed by atoms with Crippen LogP contribution < -0.4 is 0 Å². The Morgan fingerprint density at radius 3 is 2.50 bits per heavy atom. The van der Waals surface area contributed by atoms with E-state index in [1.165, 1.54) is 0 Å². The zero-order valence-corrected chi connectivity index (χ0v) is 5.64. The summed E-state index contributed by atoms with van der Waals surface area (Å²) < 4.78 is 8.99. The Bertz CT molecular complexity index is 66.8. The van der Waals surface area contributed by atoms with E-state index in [0.29, 0.717) is 0 Å². The van der Waals surface area contributed by atoms with Crippen molar-refractivity contribution in [1.29, 1.82) is 0 Å². The molecule has 1 saturated heterocycles. The van der Waals surface area contributed by atoms with Crippen molar-refractivity contribution < 1.29 is 9.66 Å². The van der Waals surface area contributed by atoms with Crippen molar-refractivity contribution in [2.45, 2.75) is 24.7 Å². The summed E-state index contributed by atoms with van der Waals surface area (Å²) >= 11 is -0.997. The van der Waals surface area contributed by atoms with Gasteiger partial charge >= 0.3 is 0 Å². The van der Waals surface area contributed by atoms with Crippen LogP contribution >= 0.6 is 11.2 Å². The molecule has 1 rings (SSSR count). The van der Waals surface area contributed by atoms with Crippen LogP contribution in [0.1, 0.15) is 19.3 Å². The first-order chi connectivity index (χ1) is 3.80. The predicted octanol–water partition coefficient (Wildman–Crippen LogP) is 0.963. The van der Waals surface area contributed by atoms with Gasteiger partial charge in [0.15, 0.2) is 0 Å². The average Bonchev–Trinajstić information content (AvgIpc) is 1.77. The molecule has 2 nitrogen and oxygen atoms in total. The second-order valence-corrected chi connectivity index (χ2v) is 4.06. The highest BCUT2D eigenvalue weighted by atomic mass is 32.2. The minimum Gasteiger partial charge on any atom is -0.382 e. The van der Waals surface area contributed by atoms with E-state index in [-0.39, 0.29) is 5.44 Å². The molecule has 2 atom stereocenters. The fourth-order valence-electron chi connectivity index (χ4n) is 0.899. The summed E-state index contributed by atoms with van der Waals surface area (Å²) in [5, 5.41) is 8.96. The molecule has 8 heavy (non-hydrogen) atoms. The highest BCUT2D eigenvalue weighted by Crippen LogP contribution is 2.33. The van der Waals surface area contributed by atoms with Crippen molar-refractivity contribution in [2.75, 3.05) is 5.75 Å². The summed E-state index contributed by atoms with van der Waals surface area (Å²) in [6.07, 6.45) is 2.99. The molecule has 0 bridgehead atoms. The molecule has 50 valence electrons. The second-order valence-electron chi connectivity index (χ2n) is 2.14. The van der Waals surface area contributed by atoms with Crippen molar-refractivity contribution in [1.82, 2.24) is 0 Å². The summed E-state index contributed by atoms with van der Waals surface area (Å²) in [7, 11) is 0. The topological polar surface area (TPSA) is 40.5 Å². The largest absolute Gasteiger partial charge is 0.382 e. The Labute approximate surface area is 52.1 Å². The molecule has 0 aromatic carbocycles. The summed E-state index contributed by atoms with van der Waals surface area (Å²) in [4.78, 5) is 0. The van der Waals surface area contributed by atoms with Crippen molar-refractivity contribution in [3.05, 3.63) is 0 Å². The van der Waals surface area contributed by atoms with Crippen molar-refractivity contribution >= 4 is 11.2 Å². The standard InChI is InChI=1S/C5H12O2S/c6-5-3-1-2-4-8(5)7/h5-8H,1-4H2. The maximum atomic E-state index is 8.99. The Balaban J connectivity index is 2.28. The maximum Gasteiger partial charge on any atom is 0.102 e. The van der Waals surface area contributed by atoms with Gasteiger partial charge in [-0.2, -0.15) is 0 Å². The summed E-state index contributed by atoms with van der Waals surface area (Å²) in [5.41, 5.74) is -0.376. The maximum absolute atomic E-state index is 8.99. The van der Waals surface area contributed by atoms with E-state index in [4.69, 9.17) is 9.66 Å². The van der Waals surface area contributed by atoms with Crippen LogP contribution in [-0.2, 0) is 0 Å². The molecule has 2 N–H and O–H groups in total. The zero-order valence-electron chi connectivity index (χ0n) is 4.75. The summed E-state index contributed by atoms with van der Waals surface area (Å²) in [6, 6.07) is 0. The van der Waals surface area contributed by atoms with E-state index >= 15 is 0 Å². The van der Waals surface area contributed by atoms with Gasteiger partial charge in [0.2, 0.25) is 0 Å². The van der Waals surface area contributed by atoms with Crippen LogP contribution in [0.5, 0.6) is 0 Å². The van der Waals surface area contributed by atoms with Gasteiger partial charge < -0.3 is 9.66 Å². The van der Waals surface area contributed by atoms with E-state index in [2.05, 4.69) is 0 Å². The average molecular weight is 136 g/mol. The fraction of sp³-hybridized carbons (Fsp3) is 1.00. The molecule has 0 aromatic rings. The summed E-state index contributed by atoms with van der Waals surface area (Å²) in [5.74, 6) is 0.844. The molecule has 0 radical (unpaired) electrons. The van der Waals surface area contributed by atoms with Crippen LogP contribution in [0, 0.1) is 0 Å². The monoisotopic (exact) mass is 136 g/mol. The minimum atomic E-state index is -0.997.